The van der Waals surface area contributed by atoms with Gasteiger partial charge in [-0.05, 0) is 31.0 Å². The van der Waals surface area contributed by atoms with E-state index in [0.717, 1.165) is 29.3 Å². The van der Waals surface area contributed by atoms with Gasteiger partial charge in [-0.2, -0.15) is 10.2 Å². The fourth-order valence-corrected chi connectivity index (χ4v) is 5.02. The Morgan fingerprint density at radius 3 is 2.84 bits per heavy atom. The average molecular weight is 441 g/mol. The minimum absolute atomic E-state index is 0.170. The number of nitrogens with zero attached hydrogens (tertiary/aromatic N) is 4. The fourth-order valence-electron chi connectivity index (χ4n) is 4.37. The first-order valence-corrected chi connectivity index (χ1v) is 12.1. The molecule has 2 atom stereocenters. The number of nitrogens with one attached hydrogen (secondary N) is 2. The number of anilines is 2. The molecule has 1 aromatic carbocycles. The lowest BCUT2D eigenvalue weighted by Crippen LogP contribution is -2.29. The highest BCUT2D eigenvalue weighted by Gasteiger charge is 2.27. The zero-order valence-electron chi connectivity index (χ0n) is 17.4. The minimum Gasteiger partial charge on any atom is -0.379 e. The van der Waals surface area contributed by atoms with Crippen molar-refractivity contribution in [3.05, 3.63) is 36.8 Å². The number of hydrogen-bond donors (Lipinski definition) is 2. The van der Waals surface area contributed by atoms with Crippen LogP contribution in [0.4, 0.5) is 11.5 Å². The topological polar surface area (TPSA) is 115 Å². The number of rotatable bonds is 5. The van der Waals surface area contributed by atoms with Crippen LogP contribution in [0.25, 0.3) is 21.8 Å². The van der Waals surface area contributed by atoms with Gasteiger partial charge in [-0.1, -0.05) is 12.8 Å². The molecule has 2 N–H and O–H groups in total. The van der Waals surface area contributed by atoms with Crippen LogP contribution in [0.3, 0.4) is 0 Å². The van der Waals surface area contributed by atoms with Crippen LogP contribution in [0, 0.1) is 0 Å². The Morgan fingerprint density at radius 2 is 2.03 bits per heavy atom. The number of benzene rings is 1. The molecule has 31 heavy (non-hydrogen) atoms. The number of aromatic nitrogens is 5. The van der Waals surface area contributed by atoms with E-state index in [4.69, 9.17) is 9.72 Å². The first-order chi connectivity index (χ1) is 14.9. The van der Waals surface area contributed by atoms with Gasteiger partial charge in [-0.3, -0.25) is 9.78 Å². The summed E-state index contributed by atoms with van der Waals surface area (Å²) in [5, 5.41) is 16.6. The molecule has 0 radical (unpaired) electrons. The van der Waals surface area contributed by atoms with Gasteiger partial charge in [0, 0.05) is 30.3 Å². The first-order valence-electron chi connectivity index (χ1n) is 10.2. The van der Waals surface area contributed by atoms with Crippen LogP contribution in [-0.2, 0) is 14.6 Å². The van der Waals surface area contributed by atoms with E-state index in [9.17, 15) is 8.42 Å². The predicted octanol–water partition coefficient (Wildman–Crippen LogP) is 3.58. The highest BCUT2D eigenvalue weighted by atomic mass is 32.2. The third kappa shape index (κ3) is 3.66. The summed E-state index contributed by atoms with van der Waals surface area (Å²) in [5.74, 6) is 0.610. The SMILES string of the molecule is CO[C@H]1CCCC[C@H]1n1cc(Nc2nc3ccc(S(C)(=O)=O)cc3c3cn[nH]c23)cn1. The summed E-state index contributed by atoms with van der Waals surface area (Å²) in [6.45, 7) is 0. The zero-order valence-corrected chi connectivity index (χ0v) is 18.2. The van der Waals surface area contributed by atoms with Crippen molar-refractivity contribution in [2.24, 2.45) is 0 Å². The number of pyridine rings is 1. The molecule has 1 aliphatic rings. The molecule has 10 heteroatoms. The average Bonchev–Trinajstić information content (AvgIpc) is 3.43. The summed E-state index contributed by atoms with van der Waals surface area (Å²) >= 11 is 0. The third-order valence-electron chi connectivity index (χ3n) is 5.97. The monoisotopic (exact) mass is 440 g/mol. The van der Waals surface area contributed by atoms with Crippen molar-refractivity contribution >= 4 is 43.1 Å². The number of H-pyrrole nitrogens is 1. The molecule has 3 aromatic heterocycles. The number of hydrogen-bond acceptors (Lipinski definition) is 7. The van der Waals surface area contributed by atoms with Crippen LogP contribution in [0.1, 0.15) is 31.7 Å². The Labute approximate surface area is 179 Å². The van der Waals surface area contributed by atoms with Crippen molar-refractivity contribution in [1.29, 1.82) is 0 Å². The maximum atomic E-state index is 12.0. The Morgan fingerprint density at radius 1 is 1.19 bits per heavy atom. The summed E-state index contributed by atoms with van der Waals surface area (Å²) in [6, 6.07) is 5.16. The van der Waals surface area contributed by atoms with Crippen LogP contribution in [0.5, 0.6) is 0 Å². The van der Waals surface area contributed by atoms with Crippen LogP contribution in [-0.4, -0.2) is 52.8 Å². The summed E-state index contributed by atoms with van der Waals surface area (Å²) in [5.41, 5.74) is 2.21. The number of sulfone groups is 1. The first kappa shape index (κ1) is 20.0. The van der Waals surface area contributed by atoms with Crippen molar-refractivity contribution in [2.75, 3.05) is 18.7 Å². The molecule has 0 aliphatic heterocycles. The lowest BCUT2D eigenvalue weighted by atomic mass is 9.92. The van der Waals surface area contributed by atoms with Crippen molar-refractivity contribution in [3.8, 4) is 0 Å². The lowest BCUT2D eigenvalue weighted by Gasteiger charge is -2.30. The van der Waals surface area contributed by atoms with E-state index in [1.54, 1.807) is 37.7 Å². The second-order valence-corrected chi connectivity index (χ2v) is 10.0. The summed E-state index contributed by atoms with van der Waals surface area (Å²) in [4.78, 5) is 4.96. The van der Waals surface area contributed by atoms with Crippen LogP contribution < -0.4 is 5.32 Å². The molecule has 4 aromatic rings. The number of methoxy groups -OCH3 is 1. The van der Waals surface area contributed by atoms with Crippen molar-refractivity contribution in [1.82, 2.24) is 25.0 Å². The van der Waals surface area contributed by atoms with Gasteiger partial charge in [0.2, 0.25) is 0 Å². The maximum Gasteiger partial charge on any atom is 0.175 e. The zero-order chi connectivity index (χ0) is 21.6. The highest BCUT2D eigenvalue weighted by Crippen LogP contribution is 2.33. The minimum atomic E-state index is -3.31. The molecule has 162 valence electrons. The molecular formula is C21H24N6O3S. The summed E-state index contributed by atoms with van der Waals surface area (Å²) in [7, 11) is -1.56. The molecule has 0 bridgehead atoms. The Kier molecular flexibility index (Phi) is 4.90. The van der Waals surface area contributed by atoms with Gasteiger partial charge < -0.3 is 10.1 Å². The van der Waals surface area contributed by atoms with E-state index in [2.05, 4.69) is 20.6 Å². The van der Waals surface area contributed by atoms with E-state index < -0.39 is 9.84 Å². The van der Waals surface area contributed by atoms with E-state index in [-0.39, 0.29) is 17.0 Å². The molecule has 0 saturated heterocycles. The van der Waals surface area contributed by atoms with E-state index in [1.165, 1.54) is 19.1 Å². The van der Waals surface area contributed by atoms with E-state index in [1.807, 2.05) is 10.9 Å². The largest absolute Gasteiger partial charge is 0.379 e. The van der Waals surface area contributed by atoms with E-state index in [0.29, 0.717) is 16.9 Å². The molecule has 1 aliphatic carbocycles. The van der Waals surface area contributed by atoms with Crippen molar-refractivity contribution in [2.45, 2.75) is 42.7 Å². The Bertz CT molecular complexity index is 1360. The smallest absolute Gasteiger partial charge is 0.175 e. The second-order valence-electron chi connectivity index (χ2n) is 8.03. The molecule has 5 rings (SSSR count). The predicted molar refractivity (Wildman–Crippen MR) is 118 cm³/mol. The summed E-state index contributed by atoms with van der Waals surface area (Å²) in [6.07, 6.45) is 11.2. The van der Waals surface area contributed by atoms with Gasteiger partial charge in [0.15, 0.2) is 15.7 Å². The van der Waals surface area contributed by atoms with Gasteiger partial charge >= 0.3 is 0 Å². The van der Waals surface area contributed by atoms with Crippen molar-refractivity contribution < 1.29 is 13.2 Å². The molecule has 3 heterocycles. The van der Waals surface area contributed by atoms with Crippen LogP contribution in [0.2, 0.25) is 0 Å². The van der Waals surface area contributed by atoms with Gasteiger partial charge in [-0.25, -0.2) is 13.4 Å². The Hall–Kier alpha value is -2.98. The third-order valence-corrected chi connectivity index (χ3v) is 7.08. The van der Waals surface area contributed by atoms with Gasteiger partial charge in [0.05, 0.1) is 40.6 Å². The molecule has 1 fully saturated rings. The number of fused-ring (bicyclic) bond motifs is 3. The van der Waals surface area contributed by atoms with Crippen molar-refractivity contribution in [3.63, 3.8) is 0 Å². The number of aromatic amines is 1. The van der Waals surface area contributed by atoms with Crippen LogP contribution >= 0.6 is 0 Å². The molecule has 1 saturated carbocycles. The van der Waals surface area contributed by atoms with Gasteiger partial charge in [0.25, 0.3) is 0 Å². The molecular weight excluding hydrogens is 416 g/mol. The van der Waals surface area contributed by atoms with E-state index >= 15 is 0 Å². The maximum absolute atomic E-state index is 12.0. The lowest BCUT2D eigenvalue weighted by molar-refractivity contribution is 0.0246. The Balaban J connectivity index is 1.51. The standard InChI is InChI=1S/C21H24N6O3S/c1-30-19-6-4-3-5-18(19)27-12-13(10-23-27)24-21-20-16(11-22-26-20)15-9-14(31(2,28)29)7-8-17(15)25-21/h7-12,18-19H,3-6H2,1-2H3,(H,22,26)(H,24,25)/t18-,19+/m1/s1. The second kappa shape index (κ2) is 7.61. The molecule has 0 amide bonds. The van der Waals surface area contributed by atoms with Crippen LogP contribution in [0.15, 0.2) is 41.7 Å². The normalized spacial score (nSPS) is 19.8. The number of ether oxygens (including phenoxy) is 1. The highest BCUT2D eigenvalue weighted by molar-refractivity contribution is 7.90. The quantitative estimate of drug-likeness (QED) is 0.487. The molecule has 0 spiro atoms. The molecule has 9 nitrogen and oxygen atoms in total. The van der Waals surface area contributed by atoms with Gasteiger partial charge in [0.1, 0.15) is 5.52 Å². The molecule has 0 unspecified atom stereocenters. The van der Waals surface area contributed by atoms with Gasteiger partial charge in [-0.15, -0.1) is 0 Å². The fraction of sp³-hybridized carbons (Fsp3) is 0.381. The summed E-state index contributed by atoms with van der Waals surface area (Å²) < 4.78 is 31.6.